The van der Waals surface area contributed by atoms with Gasteiger partial charge in [-0.1, -0.05) is 60.1 Å². The number of rotatable bonds is 0. The second-order valence-corrected chi connectivity index (χ2v) is 6.57. The summed E-state index contributed by atoms with van der Waals surface area (Å²) in [6, 6.07) is 19.5. The largest absolute Gasteiger partial charge is 0.119 e. The maximum Gasteiger partial charge on any atom is 0.109 e. The molecule has 2 atom stereocenters. The quantitative estimate of drug-likeness (QED) is 0.673. The van der Waals surface area contributed by atoms with Crippen LogP contribution in [0.4, 0.5) is 0 Å². The number of nitrogens with zero attached hydrogens (tertiary/aromatic N) is 1. The van der Waals surface area contributed by atoms with Gasteiger partial charge in [-0.15, -0.1) is 10.3 Å². The SMILES string of the molecule is C[C@]1(C#Cc2ccccc2)CC[C@](C)(C#Cc2ccccc2)N1[O]. The summed E-state index contributed by atoms with van der Waals surface area (Å²) in [7, 11) is 0. The minimum atomic E-state index is -0.698. The van der Waals surface area contributed by atoms with E-state index in [0.717, 1.165) is 29.0 Å². The van der Waals surface area contributed by atoms with Gasteiger partial charge in [0.25, 0.3) is 0 Å². The van der Waals surface area contributed by atoms with E-state index in [4.69, 9.17) is 0 Å². The first-order valence-corrected chi connectivity index (χ1v) is 8.16. The van der Waals surface area contributed by atoms with E-state index >= 15 is 0 Å². The Labute approximate surface area is 144 Å². The van der Waals surface area contributed by atoms with Crippen molar-refractivity contribution in [1.29, 1.82) is 0 Å². The van der Waals surface area contributed by atoms with Gasteiger partial charge in [-0.05, 0) is 51.0 Å². The van der Waals surface area contributed by atoms with Crippen LogP contribution in [0.15, 0.2) is 60.7 Å². The van der Waals surface area contributed by atoms with Gasteiger partial charge >= 0.3 is 0 Å². The average Bonchev–Trinajstić information content (AvgIpc) is 2.86. The van der Waals surface area contributed by atoms with Crippen molar-refractivity contribution >= 4 is 0 Å². The third kappa shape index (κ3) is 3.36. The Balaban J connectivity index is 1.83. The van der Waals surface area contributed by atoms with Gasteiger partial charge in [-0.3, -0.25) is 0 Å². The van der Waals surface area contributed by atoms with Crippen LogP contribution < -0.4 is 0 Å². The lowest BCUT2D eigenvalue weighted by Gasteiger charge is -2.30. The highest BCUT2D eigenvalue weighted by Crippen LogP contribution is 2.39. The number of hydrogen-bond donors (Lipinski definition) is 0. The van der Waals surface area contributed by atoms with Gasteiger partial charge in [0.15, 0.2) is 0 Å². The van der Waals surface area contributed by atoms with Crippen LogP contribution in [0.3, 0.4) is 0 Å². The van der Waals surface area contributed by atoms with Crippen molar-refractivity contribution in [2.45, 2.75) is 37.8 Å². The Morgan fingerprint density at radius 1 is 0.750 bits per heavy atom. The fourth-order valence-electron chi connectivity index (χ4n) is 2.92. The summed E-state index contributed by atoms with van der Waals surface area (Å²) in [6.45, 7) is 3.82. The molecule has 1 radical (unpaired) electrons. The van der Waals surface area contributed by atoms with Gasteiger partial charge in [-0.2, -0.15) is 0 Å². The molecule has 1 aliphatic heterocycles. The Kier molecular flexibility index (Phi) is 4.45. The second kappa shape index (κ2) is 6.54. The monoisotopic (exact) mass is 314 g/mol. The molecule has 1 fully saturated rings. The first-order chi connectivity index (χ1) is 11.5. The van der Waals surface area contributed by atoms with Gasteiger partial charge in [0, 0.05) is 11.1 Å². The van der Waals surface area contributed by atoms with Gasteiger partial charge in [0.2, 0.25) is 0 Å². The zero-order valence-corrected chi connectivity index (χ0v) is 14.0. The van der Waals surface area contributed by atoms with Gasteiger partial charge in [0.05, 0.1) is 0 Å². The van der Waals surface area contributed by atoms with Gasteiger partial charge in [-0.25, -0.2) is 0 Å². The molecule has 0 aromatic heterocycles. The molecule has 1 aliphatic rings. The lowest BCUT2D eigenvalue weighted by Crippen LogP contribution is -2.46. The molecule has 0 saturated carbocycles. The van der Waals surface area contributed by atoms with Crippen molar-refractivity contribution in [2.75, 3.05) is 0 Å². The molecule has 0 aliphatic carbocycles. The molecule has 0 N–H and O–H groups in total. The minimum Gasteiger partial charge on any atom is -0.119 e. The lowest BCUT2D eigenvalue weighted by molar-refractivity contribution is -0.223. The van der Waals surface area contributed by atoms with Crippen LogP contribution in [0.5, 0.6) is 0 Å². The predicted molar refractivity (Wildman–Crippen MR) is 95.2 cm³/mol. The van der Waals surface area contributed by atoms with Crippen LogP contribution in [-0.4, -0.2) is 16.1 Å². The normalized spacial score (nSPS) is 26.1. The van der Waals surface area contributed by atoms with E-state index < -0.39 is 11.1 Å². The zero-order valence-electron chi connectivity index (χ0n) is 14.0. The Morgan fingerprint density at radius 3 is 1.50 bits per heavy atom. The summed E-state index contributed by atoms with van der Waals surface area (Å²) < 4.78 is 0. The fourth-order valence-corrected chi connectivity index (χ4v) is 2.92. The summed E-state index contributed by atoms with van der Waals surface area (Å²) >= 11 is 0. The highest BCUT2D eigenvalue weighted by Gasteiger charge is 2.49. The van der Waals surface area contributed by atoms with Crippen LogP contribution in [0.2, 0.25) is 0 Å². The van der Waals surface area contributed by atoms with Crippen molar-refractivity contribution in [3.8, 4) is 23.7 Å². The van der Waals surface area contributed by atoms with E-state index in [9.17, 15) is 5.21 Å². The molecule has 2 aromatic carbocycles. The molecular weight excluding hydrogens is 294 g/mol. The lowest BCUT2D eigenvalue weighted by atomic mass is 9.98. The highest BCUT2D eigenvalue weighted by atomic mass is 16.5. The summed E-state index contributed by atoms with van der Waals surface area (Å²) in [5, 5.41) is 14.0. The maximum atomic E-state index is 12.9. The Bertz CT molecular complexity index is 751. The zero-order chi connectivity index (χ0) is 17.0. The smallest absolute Gasteiger partial charge is 0.109 e. The highest BCUT2D eigenvalue weighted by molar-refractivity contribution is 5.40. The summed E-state index contributed by atoms with van der Waals surface area (Å²) in [5.74, 6) is 12.6. The number of benzene rings is 2. The molecule has 2 nitrogen and oxygen atoms in total. The van der Waals surface area contributed by atoms with E-state index in [0.29, 0.717) is 0 Å². The molecule has 1 heterocycles. The van der Waals surface area contributed by atoms with Crippen LogP contribution in [-0.2, 0) is 5.21 Å². The van der Waals surface area contributed by atoms with E-state index in [1.807, 2.05) is 74.5 Å². The van der Waals surface area contributed by atoms with Crippen molar-refractivity contribution < 1.29 is 5.21 Å². The topological polar surface area (TPSA) is 23.1 Å². The van der Waals surface area contributed by atoms with Gasteiger partial charge in [0.1, 0.15) is 11.1 Å². The molecule has 119 valence electrons. The molecule has 1 saturated heterocycles. The van der Waals surface area contributed by atoms with Crippen LogP contribution in [0.1, 0.15) is 37.8 Å². The van der Waals surface area contributed by atoms with E-state index in [-0.39, 0.29) is 0 Å². The van der Waals surface area contributed by atoms with Crippen molar-refractivity contribution in [1.82, 2.24) is 5.06 Å². The van der Waals surface area contributed by atoms with E-state index in [1.165, 1.54) is 0 Å². The Hall–Kier alpha value is -2.52. The predicted octanol–water partition coefficient (Wildman–Crippen LogP) is 4.05. The maximum absolute atomic E-state index is 12.9. The molecule has 24 heavy (non-hydrogen) atoms. The molecule has 0 amide bonds. The van der Waals surface area contributed by atoms with Crippen LogP contribution in [0.25, 0.3) is 0 Å². The standard InChI is InChI=1S/C22H20NO/c1-21(15-13-19-9-5-3-6-10-19)17-18-22(2,23(21)24)16-14-20-11-7-4-8-12-20/h3-12H,17-18H2,1-2H3/t21-,22-/m0/s1. The first-order valence-electron chi connectivity index (χ1n) is 8.16. The molecular formula is C22H20NO. The number of hydrogen-bond acceptors (Lipinski definition) is 1. The summed E-state index contributed by atoms with van der Waals surface area (Å²) in [6.07, 6.45) is 1.44. The van der Waals surface area contributed by atoms with Crippen LogP contribution >= 0.6 is 0 Å². The van der Waals surface area contributed by atoms with Crippen LogP contribution in [0, 0.1) is 23.7 Å². The van der Waals surface area contributed by atoms with Crippen molar-refractivity contribution in [3.63, 3.8) is 0 Å². The summed E-state index contributed by atoms with van der Waals surface area (Å²) in [4.78, 5) is 0. The fraction of sp³-hybridized carbons (Fsp3) is 0.273. The Morgan fingerprint density at radius 2 is 1.12 bits per heavy atom. The van der Waals surface area contributed by atoms with Crippen molar-refractivity contribution in [2.24, 2.45) is 0 Å². The third-order valence-electron chi connectivity index (χ3n) is 4.49. The van der Waals surface area contributed by atoms with E-state index in [2.05, 4.69) is 23.7 Å². The third-order valence-corrected chi connectivity index (χ3v) is 4.49. The molecule has 0 bridgehead atoms. The molecule has 3 rings (SSSR count). The summed E-state index contributed by atoms with van der Waals surface area (Å²) in [5.41, 5.74) is 0.457. The van der Waals surface area contributed by atoms with Crippen molar-refractivity contribution in [3.05, 3.63) is 71.8 Å². The first kappa shape index (κ1) is 16.3. The molecule has 2 heteroatoms. The molecule has 0 spiro atoms. The molecule has 0 unspecified atom stereocenters. The average molecular weight is 314 g/mol. The van der Waals surface area contributed by atoms with Gasteiger partial charge < -0.3 is 0 Å². The van der Waals surface area contributed by atoms with E-state index in [1.54, 1.807) is 0 Å². The molecule has 2 aromatic rings. The minimum absolute atomic E-state index is 0.698. The number of hydroxylamine groups is 2. The second-order valence-electron chi connectivity index (χ2n) is 6.57.